The molecule has 2 aromatic rings. The lowest BCUT2D eigenvalue weighted by Gasteiger charge is -2.17. The van der Waals surface area contributed by atoms with Crippen LogP contribution in [0.5, 0.6) is 5.75 Å². The Bertz CT molecular complexity index is 1380. The molecule has 1 aromatic heterocycles. The number of unbranched alkanes of at least 4 members (excludes halogenated alkanes) is 1. The van der Waals surface area contributed by atoms with Gasteiger partial charge in [0.15, 0.2) is 0 Å². The summed E-state index contributed by atoms with van der Waals surface area (Å²) in [5.41, 5.74) is 8.42. The van der Waals surface area contributed by atoms with Crippen molar-refractivity contribution < 1.29 is 14.3 Å². The van der Waals surface area contributed by atoms with E-state index in [4.69, 9.17) is 15.5 Å². The largest absolute Gasteiger partial charge is 0.494 e. The lowest BCUT2D eigenvalue weighted by molar-refractivity contribution is -0.122. The van der Waals surface area contributed by atoms with E-state index in [2.05, 4.69) is 28.9 Å². The summed E-state index contributed by atoms with van der Waals surface area (Å²) >= 11 is 1.99. The highest BCUT2D eigenvalue weighted by molar-refractivity contribution is 8.00. The fourth-order valence-electron chi connectivity index (χ4n) is 4.95. The van der Waals surface area contributed by atoms with Gasteiger partial charge in [-0.1, -0.05) is 26.0 Å². The van der Waals surface area contributed by atoms with E-state index < -0.39 is 23.4 Å². The predicted octanol–water partition coefficient (Wildman–Crippen LogP) is 3.32. The predicted molar refractivity (Wildman–Crippen MR) is 167 cm³/mol. The molecule has 1 aliphatic heterocycles. The standard InChI is InChI=1S/C31H41N5O4S/c1-21(2)18-25(32)31(39)35-20-30(38)36-27-19-23(10-8-22(27)9-11-29(36)37)40-16-4-3-13-33-14-15-34-26-6-5-7-28-24(26)12-17-41-28/h5-6,8-12,19,21,25,28,33H,3-4,7,13-18,20,32H2,1-2H3,(H,35,39). The molecular weight excluding hydrogens is 538 g/mol. The minimum absolute atomic E-state index is 0.253. The number of amides is 1. The van der Waals surface area contributed by atoms with Crippen molar-refractivity contribution in [3.63, 3.8) is 0 Å². The number of carbonyl (C=O) groups is 2. The Morgan fingerprint density at radius 3 is 2.85 bits per heavy atom. The quantitative estimate of drug-likeness (QED) is 0.293. The number of thioether (sulfide) groups is 1. The zero-order chi connectivity index (χ0) is 29.2. The number of hydrogen-bond donors (Lipinski definition) is 3. The summed E-state index contributed by atoms with van der Waals surface area (Å²) in [6.45, 7) is 6.62. The second kappa shape index (κ2) is 15.1. The Hall–Kier alpha value is -3.21. The van der Waals surface area contributed by atoms with Gasteiger partial charge >= 0.3 is 0 Å². The Balaban J connectivity index is 1.21. The van der Waals surface area contributed by atoms with Gasteiger partial charge in [-0.25, -0.2) is 4.57 Å². The van der Waals surface area contributed by atoms with Crippen LogP contribution in [0.2, 0.25) is 0 Å². The van der Waals surface area contributed by atoms with Crippen LogP contribution in [0.15, 0.2) is 63.9 Å². The van der Waals surface area contributed by atoms with Crippen molar-refractivity contribution in [2.75, 3.05) is 38.5 Å². The van der Waals surface area contributed by atoms with Crippen molar-refractivity contribution >= 4 is 40.2 Å². The number of hydrogen-bond acceptors (Lipinski definition) is 8. The molecule has 41 heavy (non-hydrogen) atoms. The average molecular weight is 580 g/mol. The molecule has 1 aromatic carbocycles. The minimum atomic E-state index is -0.702. The van der Waals surface area contributed by atoms with Gasteiger partial charge in [-0.2, -0.15) is 0 Å². The van der Waals surface area contributed by atoms with Crippen LogP contribution in [0.25, 0.3) is 10.9 Å². The first-order valence-electron chi connectivity index (χ1n) is 14.4. The zero-order valence-electron chi connectivity index (χ0n) is 23.9. The fraction of sp³-hybridized carbons (Fsp3) is 0.484. The molecule has 0 radical (unpaired) electrons. The topological polar surface area (TPSA) is 128 Å². The number of benzene rings is 1. The average Bonchev–Trinajstić information content (AvgIpc) is 3.44. The second-order valence-electron chi connectivity index (χ2n) is 10.8. The summed E-state index contributed by atoms with van der Waals surface area (Å²) < 4.78 is 7.00. The van der Waals surface area contributed by atoms with Crippen molar-refractivity contribution in [2.45, 2.75) is 50.8 Å². The van der Waals surface area contributed by atoms with Gasteiger partial charge in [-0.3, -0.25) is 19.4 Å². The van der Waals surface area contributed by atoms with Gasteiger partial charge in [-0.15, -0.1) is 11.8 Å². The van der Waals surface area contributed by atoms with Gasteiger partial charge in [-0.05, 0) is 73.4 Å². The molecule has 2 atom stereocenters. The van der Waals surface area contributed by atoms with Crippen molar-refractivity contribution in [3.05, 3.63) is 64.5 Å². The SMILES string of the molecule is CC(C)CC(N)C(=O)NCC(=O)n1c(=O)ccc2ccc(OCCCCNCCN=C3C=CCC4SCC=C34)cc21. The van der Waals surface area contributed by atoms with E-state index >= 15 is 0 Å². The highest BCUT2D eigenvalue weighted by Gasteiger charge is 2.24. The Labute approximate surface area is 245 Å². The third-order valence-corrected chi connectivity index (χ3v) is 8.26. The van der Waals surface area contributed by atoms with E-state index in [1.807, 2.05) is 37.7 Å². The van der Waals surface area contributed by atoms with E-state index in [9.17, 15) is 14.4 Å². The van der Waals surface area contributed by atoms with Gasteiger partial charge in [0.2, 0.25) is 5.91 Å². The molecule has 2 unspecified atom stereocenters. The van der Waals surface area contributed by atoms with E-state index in [0.717, 1.165) is 60.3 Å². The first-order valence-corrected chi connectivity index (χ1v) is 15.5. The maximum Gasteiger partial charge on any atom is 0.257 e. The maximum absolute atomic E-state index is 12.9. The van der Waals surface area contributed by atoms with Gasteiger partial charge in [0.05, 0.1) is 37.0 Å². The van der Waals surface area contributed by atoms with Crippen molar-refractivity contribution in [1.29, 1.82) is 0 Å². The first kappa shape index (κ1) is 30.7. The number of aliphatic imine (C=N–C) groups is 1. The third-order valence-electron chi connectivity index (χ3n) is 7.05. The molecule has 1 amide bonds. The van der Waals surface area contributed by atoms with Crippen LogP contribution >= 0.6 is 11.8 Å². The van der Waals surface area contributed by atoms with Crippen LogP contribution in [0.3, 0.4) is 0 Å². The van der Waals surface area contributed by atoms with E-state index in [1.165, 1.54) is 11.6 Å². The Morgan fingerprint density at radius 2 is 2.02 bits per heavy atom. The Morgan fingerprint density at radius 1 is 1.20 bits per heavy atom. The highest BCUT2D eigenvalue weighted by Crippen LogP contribution is 2.33. The normalized spacial score (nSPS) is 18.0. The molecule has 1 aliphatic carbocycles. The third kappa shape index (κ3) is 8.64. The molecule has 0 saturated carbocycles. The molecule has 220 valence electrons. The Kier molecular flexibility index (Phi) is 11.4. The summed E-state index contributed by atoms with van der Waals surface area (Å²) in [5.74, 6) is 0.980. The smallest absolute Gasteiger partial charge is 0.257 e. The zero-order valence-corrected chi connectivity index (χ0v) is 24.8. The number of aromatic nitrogens is 1. The summed E-state index contributed by atoms with van der Waals surface area (Å²) in [6.07, 6.45) is 10.1. The van der Waals surface area contributed by atoms with E-state index in [1.54, 1.807) is 12.1 Å². The molecule has 0 bridgehead atoms. The van der Waals surface area contributed by atoms with Gasteiger partial charge in [0.1, 0.15) is 5.75 Å². The van der Waals surface area contributed by atoms with Gasteiger partial charge < -0.3 is 21.1 Å². The number of fused-ring (bicyclic) bond motifs is 2. The number of nitrogens with one attached hydrogen (secondary N) is 2. The number of rotatable bonds is 14. The van der Waals surface area contributed by atoms with Crippen LogP contribution in [-0.4, -0.2) is 71.9 Å². The summed E-state index contributed by atoms with van der Waals surface area (Å²) in [6, 6.07) is 7.66. The first-order chi connectivity index (χ1) is 19.8. The molecule has 2 heterocycles. The lowest BCUT2D eigenvalue weighted by atomic mass is 9.98. The number of allylic oxidation sites excluding steroid dienone is 2. The van der Waals surface area contributed by atoms with Crippen LogP contribution in [-0.2, 0) is 4.79 Å². The fourth-order valence-corrected chi connectivity index (χ4v) is 6.10. The number of nitrogens with two attached hydrogens (primary N) is 1. The summed E-state index contributed by atoms with van der Waals surface area (Å²) in [5, 5.41) is 7.32. The van der Waals surface area contributed by atoms with Crippen molar-refractivity contribution in [1.82, 2.24) is 15.2 Å². The second-order valence-corrected chi connectivity index (χ2v) is 12.0. The monoisotopic (exact) mass is 579 g/mol. The molecule has 0 spiro atoms. The molecule has 2 aliphatic rings. The molecule has 0 fully saturated rings. The van der Waals surface area contributed by atoms with Crippen LogP contribution in [0.1, 0.15) is 44.3 Å². The van der Waals surface area contributed by atoms with Crippen LogP contribution < -0.4 is 26.7 Å². The molecule has 10 heteroatoms. The maximum atomic E-state index is 12.9. The van der Waals surface area contributed by atoms with Gasteiger partial charge in [0, 0.05) is 29.7 Å². The van der Waals surface area contributed by atoms with E-state index in [-0.39, 0.29) is 12.5 Å². The van der Waals surface area contributed by atoms with Crippen molar-refractivity contribution in [3.8, 4) is 5.75 Å². The van der Waals surface area contributed by atoms with Gasteiger partial charge in [0.25, 0.3) is 11.5 Å². The molecule has 9 nitrogen and oxygen atoms in total. The molecule has 4 N–H and O–H groups in total. The molecular formula is C31H41N5O4S. The number of pyridine rings is 1. The lowest BCUT2D eigenvalue weighted by Crippen LogP contribution is -2.45. The summed E-state index contributed by atoms with van der Waals surface area (Å²) in [7, 11) is 0. The van der Waals surface area contributed by atoms with Crippen LogP contribution in [0.4, 0.5) is 0 Å². The van der Waals surface area contributed by atoms with E-state index in [0.29, 0.717) is 29.5 Å². The minimum Gasteiger partial charge on any atom is -0.494 e. The molecule has 4 rings (SSSR count). The number of nitrogens with zero attached hydrogens (tertiary/aromatic N) is 2. The molecule has 0 saturated heterocycles. The summed E-state index contributed by atoms with van der Waals surface area (Å²) in [4.78, 5) is 42.6. The number of ether oxygens (including phenoxy) is 1. The van der Waals surface area contributed by atoms with Crippen molar-refractivity contribution in [2.24, 2.45) is 16.6 Å². The highest BCUT2D eigenvalue weighted by atomic mass is 32.2. The number of carbonyl (C=O) groups excluding carboxylic acids is 2. The van der Waals surface area contributed by atoms with Crippen LogP contribution in [0, 0.1) is 5.92 Å².